The van der Waals surface area contributed by atoms with E-state index in [1.807, 2.05) is 36.4 Å². The standard InChI is InChI=1S/C17H21NO2S/c1-13(11-16-8-7-15(21-16)9-10-19)18-12-17(20)14-5-3-2-4-6-14/h2-8,10,13,17-18,20H,9,11-12H2,1H3/t13-,17-/m1/s1. The zero-order chi connectivity index (χ0) is 15.1. The minimum Gasteiger partial charge on any atom is -0.387 e. The maximum Gasteiger partial charge on any atom is 0.125 e. The first-order valence-corrected chi connectivity index (χ1v) is 7.98. The highest BCUT2D eigenvalue weighted by molar-refractivity contribution is 7.12. The summed E-state index contributed by atoms with van der Waals surface area (Å²) in [5.74, 6) is 0. The van der Waals surface area contributed by atoms with Gasteiger partial charge in [0.15, 0.2) is 0 Å². The lowest BCUT2D eigenvalue weighted by molar-refractivity contribution is -0.107. The summed E-state index contributed by atoms with van der Waals surface area (Å²) in [4.78, 5) is 12.9. The lowest BCUT2D eigenvalue weighted by Crippen LogP contribution is -2.31. The van der Waals surface area contributed by atoms with Crippen molar-refractivity contribution in [1.82, 2.24) is 5.32 Å². The molecule has 112 valence electrons. The summed E-state index contributed by atoms with van der Waals surface area (Å²) in [5, 5.41) is 13.5. The van der Waals surface area contributed by atoms with Crippen molar-refractivity contribution in [1.29, 1.82) is 0 Å². The number of carbonyl (C=O) groups is 1. The minimum absolute atomic E-state index is 0.283. The molecule has 0 amide bonds. The Morgan fingerprint density at radius 2 is 1.90 bits per heavy atom. The van der Waals surface area contributed by atoms with E-state index in [1.54, 1.807) is 11.3 Å². The van der Waals surface area contributed by atoms with Crippen molar-refractivity contribution in [2.45, 2.75) is 31.9 Å². The fourth-order valence-electron chi connectivity index (χ4n) is 2.20. The van der Waals surface area contributed by atoms with Gasteiger partial charge in [-0.3, -0.25) is 0 Å². The van der Waals surface area contributed by atoms with Crippen LogP contribution in [0, 0.1) is 0 Å². The molecule has 0 radical (unpaired) electrons. The average molecular weight is 303 g/mol. The van der Waals surface area contributed by atoms with Crippen LogP contribution in [0.2, 0.25) is 0 Å². The second-order valence-electron chi connectivity index (χ2n) is 5.18. The third-order valence-corrected chi connectivity index (χ3v) is 4.48. The van der Waals surface area contributed by atoms with Crippen LogP contribution >= 0.6 is 11.3 Å². The van der Waals surface area contributed by atoms with Gasteiger partial charge in [0.1, 0.15) is 6.29 Å². The monoisotopic (exact) mass is 303 g/mol. The van der Waals surface area contributed by atoms with Crippen LogP contribution in [0.5, 0.6) is 0 Å². The molecule has 0 aliphatic rings. The molecular formula is C17H21NO2S. The van der Waals surface area contributed by atoms with Crippen LogP contribution in [0.1, 0.15) is 28.3 Å². The van der Waals surface area contributed by atoms with E-state index >= 15 is 0 Å². The van der Waals surface area contributed by atoms with Crippen LogP contribution in [0.25, 0.3) is 0 Å². The Morgan fingerprint density at radius 1 is 1.19 bits per heavy atom. The Hall–Kier alpha value is -1.49. The van der Waals surface area contributed by atoms with Gasteiger partial charge in [-0.25, -0.2) is 0 Å². The van der Waals surface area contributed by atoms with Gasteiger partial charge in [0.25, 0.3) is 0 Å². The average Bonchev–Trinajstić information content (AvgIpc) is 2.93. The fraction of sp³-hybridized carbons (Fsp3) is 0.353. The number of aldehydes is 1. The molecule has 0 aliphatic heterocycles. The van der Waals surface area contributed by atoms with Crippen LogP contribution in [0.3, 0.4) is 0 Å². The van der Waals surface area contributed by atoms with E-state index in [1.165, 1.54) is 4.88 Å². The van der Waals surface area contributed by atoms with E-state index in [2.05, 4.69) is 18.3 Å². The molecule has 0 unspecified atom stereocenters. The van der Waals surface area contributed by atoms with Crippen LogP contribution < -0.4 is 5.32 Å². The van der Waals surface area contributed by atoms with E-state index in [4.69, 9.17) is 0 Å². The summed E-state index contributed by atoms with van der Waals surface area (Å²) in [6.07, 6.45) is 1.86. The Kier molecular flexibility index (Phi) is 6.11. The van der Waals surface area contributed by atoms with Gasteiger partial charge in [-0.1, -0.05) is 30.3 Å². The maximum atomic E-state index is 10.5. The summed E-state index contributed by atoms with van der Waals surface area (Å²) in [7, 11) is 0. The Bertz CT molecular complexity index is 553. The number of aliphatic hydroxyl groups excluding tert-OH is 1. The SMILES string of the molecule is C[C@H](Cc1ccc(CC=O)s1)NC[C@@H](O)c1ccccc1. The first-order chi connectivity index (χ1) is 10.2. The van der Waals surface area contributed by atoms with E-state index in [0.29, 0.717) is 13.0 Å². The highest BCUT2D eigenvalue weighted by atomic mass is 32.1. The Labute approximate surface area is 129 Å². The molecule has 0 fully saturated rings. The lowest BCUT2D eigenvalue weighted by Gasteiger charge is -2.17. The van der Waals surface area contributed by atoms with Crippen LogP contribution in [-0.4, -0.2) is 24.0 Å². The highest BCUT2D eigenvalue weighted by Crippen LogP contribution is 2.18. The first kappa shape index (κ1) is 15.9. The van der Waals surface area contributed by atoms with Gasteiger partial charge in [0.2, 0.25) is 0 Å². The second kappa shape index (κ2) is 8.08. The van der Waals surface area contributed by atoms with Gasteiger partial charge in [0, 0.05) is 28.8 Å². The van der Waals surface area contributed by atoms with Crippen molar-refractivity contribution >= 4 is 17.6 Å². The molecule has 0 saturated carbocycles. The summed E-state index contributed by atoms with van der Waals surface area (Å²) in [6, 6.07) is 14.1. The zero-order valence-electron chi connectivity index (χ0n) is 12.2. The van der Waals surface area contributed by atoms with Crippen molar-refractivity contribution in [3.63, 3.8) is 0 Å². The Balaban J connectivity index is 1.78. The van der Waals surface area contributed by atoms with Gasteiger partial charge in [-0.05, 0) is 31.0 Å². The predicted octanol–water partition coefficient (Wildman–Crippen LogP) is 2.74. The van der Waals surface area contributed by atoms with Gasteiger partial charge in [-0.15, -0.1) is 11.3 Å². The lowest BCUT2D eigenvalue weighted by atomic mass is 10.1. The quantitative estimate of drug-likeness (QED) is 0.737. The number of nitrogens with one attached hydrogen (secondary N) is 1. The molecule has 3 nitrogen and oxygen atoms in total. The number of rotatable bonds is 8. The third kappa shape index (κ3) is 5.08. The van der Waals surface area contributed by atoms with Crippen molar-refractivity contribution in [3.05, 3.63) is 57.8 Å². The smallest absolute Gasteiger partial charge is 0.125 e. The molecule has 1 aromatic carbocycles. The molecule has 21 heavy (non-hydrogen) atoms. The van der Waals surface area contributed by atoms with Gasteiger partial charge < -0.3 is 15.2 Å². The van der Waals surface area contributed by atoms with Gasteiger partial charge >= 0.3 is 0 Å². The third-order valence-electron chi connectivity index (χ3n) is 3.35. The van der Waals surface area contributed by atoms with E-state index in [-0.39, 0.29) is 6.04 Å². The molecule has 2 N–H and O–H groups in total. The normalized spacial score (nSPS) is 13.8. The highest BCUT2D eigenvalue weighted by Gasteiger charge is 2.10. The molecule has 1 aromatic heterocycles. The first-order valence-electron chi connectivity index (χ1n) is 7.16. The maximum absolute atomic E-state index is 10.5. The van der Waals surface area contributed by atoms with Crippen LogP contribution in [0.4, 0.5) is 0 Å². The van der Waals surface area contributed by atoms with Crippen molar-refractivity contribution < 1.29 is 9.90 Å². The Morgan fingerprint density at radius 3 is 2.62 bits per heavy atom. The molecule has 2 atom stereocenters. The van der Waals surface area contributed by atoms with Gasteiger partial charge in [-0.2, -0.15) is 0 Å². The van der Waals surface area contributed by atoms with E-state index < -0.39 is 6.10 Å². The largest absolute Gasteiger partial charge is 0.387 e. The van der Waals surface area contributed by atoms with Crippen molar-refractivity contribution in [2.24, 2.45) is 0 Å². The van der Waals surface area contributed by atoms with Crippen molar-refractivity contribution in [3.8, 4) is 0 Å². The number of benzene rings is 1. The van der Waals surface area contributed by atoms with Crippen molar-refractivity contribution in [2.75, 3.05) is 6.54 Å². The molecule has 0 spiro atoms. The fourth-order valence-corrected chi connectivity index (χ4v) is 3.30. The van der Waals surface area contributed by atoms with E-state index in [9.17, 15) is 9.90 Å². The number of thiophene rings is 1. The molecule has 0 aliphatic carbocycles. The molecular weight excluding hydrogens is 282 g/mol. The molecule has 2 aromatic rings. The molecule has 0 saturated heterocycles. The predicted molar refractivity (Wildman–Crippen MR) is 86.7 cm³/mol. The minimum atomic E-state index is -0.484. The number of hydrogen-bond donors (Lipinski definition) is 2. The van der Waals surface area contributed by atoms with E-state index in [0.717, 1.165) is 23.1 Å². The number of hydrogen-bond acceptors (Lipinski definition) is 4. The number of carbonyl (C=O) groups excluding carboxylic acids is 1. The zero-order valence-corrected chi connectivity index (χ0v) is 13.0. The van der Waals surface area contributed by atoms with Crippen LogP contribution in [-0.2, 0) is 17.6 Å². The molecule has 4 heteroatoms. The van der Waals surface area contributed by atoms with Crippen LogP contribution in [0.15, 0.2) is 42.5 Å². The number of aliphatic hydroxyl groups is 1. The summed E-state index contributed by atoms with van der Waals surface area (Å²) < 4.78 is 0. The summed E-state index contributed by atoms with van der Waals surface area (Å²) in [6.45, 7) is 2.65. The summed E-state index contributed by atoms with van der Waals surface area (Å²) >= 11 is 1.68. The molecule has 2 rings (SSSR count). The topological polar surface area (TPSA) is 49.3 Å². The van der Waals surface area contributed by atoms with Gasteiger partial charge in [0.05, 0.1) is 6.10 Å². The molecule has 0 bridgehead atoms. The molecule has 1 heterocycles. The summed E-state index contributed by atoms with van der Waals surface area (Å²) in [5.41, 5.74) is 0.932. The second-order valence-corrected chi connectivity index (χ2v) is 6.43.